The maximum Gasteiger partial charge on any atom is 0.192 e. The summed E-state index contributed by atoms with van der Waals surface area (Å²) in [6, 6.07) is 0.716. The first-order valence-electron chi connectivity index (χ1n) is 5.33. The van der Waals surface area contributed by atoms with Crippen molar-refractivity contribution in [2.75, 3.05) is 0 Å². The molecule has 0 aromatic heterocycles. The number of rotatable bonds is 2. The highest BCUT2D eigenvalue weighted by atomic mass is 15.2. The number of hydrogen-bond acceptors (Lipinski definition) is 1. The lowest BCUT2D eigenvalue weighted by molar-refractivity contribution is 0.494. The first-order chi connectivity index (χ1) is 6.20. The minimum atomic E-state index is 0.0512. The first-order valence-corrected chi connectivity index (χ1v) is 5.33. The van der Waals surface area contributed by atoms with Crippen LogP contribution in [0.25, 0.3) is 0 Å². The van der Waals surface area contributed by atoms with Gasteiger partial charge in [0.05, 0.1) is 0 Å². The highest BCUT2D eigenvalue weighted by molar-refractivity contribution is 5.80. The largest absolute Gasteiger partial charge is 0.354 e. The van der Waals surface area contributed by atoms with Crippen molar-refractivity contribution >= 4 is 5.96 Å². The second-order valence-corrected chi connectivity index (χ2v) is 5.25. The van der Waals surface area contributed by atoms with Crippen LogP contribution in [0.1, 0.15) is 48.5 Å². The Balaban J connectivity index is 4.41. The zero-order chi connectivity index (χ0) is 11.4. The van der Waals surface area contributed by atoms with Gasteiger partial charge in [0.1, 0.15) is 0 Å². The molecule has 0 spiro atoms. The lowest BCUT2D eigenvalue weighted by Crippen LogP contribution is -2.49. The third kappa shape index (κ3) is 7.90. The van der Waals surface area contributed by atoms with Crippen molar-refractivity contribution in [3.8, 4) is 0 Å². The van der Waals surface area contributed by atoms with E-state index in [9.17, 15) is 0 Å². The van der Waals surface area contributed by atoms with Gasteiger partial charge in [-0.25, -0.2) is 0 Å². The molecule has 0 aromatic rings. The molecule has 0 radical (unpaired) electrons. The molecule has 3 heteroatoms. The van der Waals surface area contributed by atoms with Crippen LogP contribution in [0, 0.1) is 0 Å². The van der Waals surface area contributed by atoms with Crippen LogP contribution in [-0.4, -0.2) is 23.6 Å². The molecule has 0 atom stereocenters. The Bertz CT molecular complexity index is 187. The van der Waals surface area contributed by atoms with Gasteiger partial charge in [0.25, 0.3) is 0 Å². The normalized spacial score (nSPS) is 13.6. The van der Waals surface area contributed by atoms with E-state index in [-0.39, 0.29) is 5.54 Å². The fourth-order valence-corrected chi connectivity index (χ4v) is 0.992. The van der Waals surface area contributed by atoms with Crippen molar-refractivity contribution in [3.63, 3.8) is 0 Å². The minimum absolute atomic E-state index is 0.0512. The maximum atomic E-state index is 4.50. The molecule has 0 rings (SSSR count). The van der Waals surface area contributed by atoms with Gasteiger partial charge in [0.15, 0.2) is 5.96 Å². The molecule has 84 valence electrons. The Kier molecular flexibility index (Phi) is 4.95. The van der Waals surface area contributed by atoms with Crippen molar-refractivity contribution in [1.29, 1.82) is 0 Å². The van der Waals surface area contributed by atoms with Gasteiger partial charge in [-0.3, -0.25) is 4.99 Å². The van der Waals surface area contributed by atoms with Crippen LogP contribution in [0.5, 0.6) is 0 Å². The molecule has 0 aromatic carbocycles. The van der Waals surface area contributed by atoms with E-state index in [1.165, 1.54) is 0 Å². The molecule has 0 fully saturated rings. The molecule has 0 amide bonds. The average Bonchev–Trinajstić information content (AvgIpc) is 1.77. The zero-order valence-electron chi connectivity index (χ0n) is 10.6. The molecule has 14 heavy (non-hydrogen) atoms. The second kappa shape index (κ2) is 5.23. The molecule has 0 aliphatic heterocycles. The van der Waals surface area contributed by atoms with Gasteiger partial charge in [0.2, 0.25) is 0 Å². The van der Waals surface area contributed by atoms with E-state index in [2.05, 4.69) is 64.1 Å². The minimum Gasteiger partial charge on any atom is -0.354 e. The van der Waals surface area contributed by atoms with E-state index >= 15 is 0 Å². The van der Waals surface area contributed by atoms with Gasteiger partial charge in [-0.1, -0.05) is 0 Å². The van der Waals surface area contributed by atoms with Gasteiger partial charge < -0.3 is 10.6 Å². The molecular weight excluding hydrogens is 174 g/mol. The van der Waals surface area contributed by atoms with Crippen molar-refractivity contribution in [2.24, 2.45) is 4.99 Å². The lowest BCUT2D eigenvalue weighted by Gasteiger charge is -2.25. The number of nitrogens with one attached hydrogen (secondary N) is 2. The predicted molar refractivity (Wildman–Crippen MR) is 63.7 cm³/mol. The number of hydrogen-bond donors (Lipinski definition) is 2. The summed E-state index contributed by atoms with van der Waals surface area (Å²) in [5.74, 6) is 0.891. The van der Waals surface area contributed by atoms with Gasteiger partial charge in [0, 0.05) is 17.6 Å². The van der Waals surface area contributed by atoms with E-state index < -0.39 is 0 Å². The van der Waals surface area contributed by atoms with E-state index in [0.717, 1.165) is 5.96 Å². The topological polar surface area (TPSA) is 36.4 Å². The summed E-state index contributed by atoms with van der Waals surface area (Å²) in [7, 11) is 0. The van der Waals surface area contributed by atoms with Gasteiger partial charge in [-0.05, 0) is 48.5 Å². The fraction of sp³-hybridized carbons (Fsp3) is 0.909. The summed E-state index contributed by atoms with van der Waals surface area (Å²) in [6.07, 6.45) is 0. The van der Waals surface area contributed by atoms with Crippen molar-refractivity contribution in [2.45, 2.75) is 66.1 Å². The van der Waals surface area contributed by atoms with Gasteiger partial charge in [-0.2, -0.15) is 0 Å². The van der Waals surface area contributed by atoms with Gasteiger partial charge in [-0.15, -0.1) is 0 Å². The molecule has 0 heterocycles. The Hall–Kier alpha value is -0.730. The fourth-order valence-electron chi connectivity index (χ4n) is 0.992. The van der Waals surface area contributed by atoms with Crippen LogP contribution >= 0.6 is 0 Å². The van der Waals surface area contributed by atoms with Crippen molar-refractivity contribution in [3.05, 3.63) is 0 Å². The van der Waals surface area contributed by atoms with E-state index in [0.29, 0.717) is 12.1 Å². The summed E-state index contributed by atoms with van der Waals surface area (Å²) in [5, 5.41) is 6.66. The maximum absolute atomic E-state index is 4.50. The Morgan fingerprint density at radius 1 is 1.07 bits per heavy atom. The molecule has 0 unspecified atom stereocenters. The van der Waals surface area contributed by atoms with Crippen LogP contribution in [-0.2, 0) is 0 Å². The summed E-state index contributed by atoms with van der Waals surface area (Å²) in [5.41, 5.74) is 0.0512. The molecule has 0 saturated heterocycles. The van der Waals surface area contributed by atoms with Crippen LogP contribution in [0.3, 0.4) is 0 Å². The van der Waals surface area contributed by atoms with Crippen LogP contribution in [0.4, 0.5) is 0 Å². The molecular formula is C11H25N3. The second-order valence-electron chi connectivity index (χ2n) is 5.25. The Labute approximate surface area is 88.4 Å². The summed E-state index contributed by atoms with van der Waals surface area (Å²) >= 11 is 0. The zero-order valence-corrected chi connectivity index (χ0v) is 10.6. The quantitative estimate of drug-likeness (QED) is 0.528. The average molecular weight is 199 g/mol. The molecule has 0 bridgehead atoms. The number of guanidine groups is 1. The molecule has 3 nitrogen and oxygen atoms in total. The number of nitrogens with zero attached hydrogens (tertiary/aromatic N) is 1. The van der Waals surface area contributed by atoms with E-state index in [1.54, 1.807) is 0 Å². The van der Waals surface area contributed by atoms with Crippen molar-refractivity contribution in [1.82, 2.24) is 10.6 Å². The monoisotopic (exact) mass is 199 g/mol. The van der Waals surface area contributed by atoms with E-state index in [4.69, 9.17) is 0 Å². The van der Waals surface area contributed by atoms with Crippen LogP contribution in [0.2, 0.25) is 0 Å². The molecule has 2 N–H and O–H groups in total. The molecule has 0 saturated carbocycles. The Morgan fingerprint density at radius 2 is 1.57 bits per heavy atom. The highest BCUT2D eigenvalue weighted by Crippen LogP contribution is 1.99. The van der Waals surface area contributed by atoms with Crippen LogP contribution < -0.4 is 10.6 Å². The summed E-state index contributed by atoms with van der Waals surface area (Å²) in [4.78, 5) is 4.50. The SMILES string of the molecule is CC(C)N=C(NC(C)C)NC(C)(C)C. The summed E-state index contributed by atoms with van der Waals surface area (Å²) in [6.45, 7) is 14.8. The standard InChI is InChI=1S/C11H25N3/c1-8(2)12-10(13-9(3)4)14-11(5,6)7/h8-9H,1-7H3,(H2,12,13,14). The third-order valence-corrected chi connectivity index (χ3v) is 1.31. The molecule has 0 aliphatic rings. The predicted octanol–water partition coefficient (Wildman–Crippen LogP) is 2.14. The number of aliphatic imine (C=N–C) groups is 1. The Morgan fingerprint density at radius 3 is 1.86 bits per heavy atom. The van der Waals surface area contributed by atoms with E-state index in [1.807, 2.05) is 0 Å². The highest BCUT2D eigenvalue weighted by Gasteiger charge is 2.12. The summed E-state index contributed by atoms with van der Waals surface area (Å²) < 4.78 is 0. The first kappa shape index (κ1) is 13.3. The molecule has 0 aliphatic carbocycles. The van der Waals surface area contributed by atoms with Crippen molar-refractivity contribution < 1.29 is 0 Å². The van der Waals surface area contributed by atoms with Crippen LogP contribution in [0.15, 0.2) is 4.99 Å². The lowest BCUT2D eigenvalue weighted by atomic mass is 10.1. The smallest absolute Gasteiger partial charge is 0.192 e. The third-order valence-electron chi connectivity index (χ3n) is 1.31. The van der Waals surface area contributed by atoms with Gasteiger partial charge >= 0.3 is 0 Å².